The SMILES string of the molecule is Cn1nc(C(F)(F)F)c(C(=O)OCC(=O)c2ccc(Cl)cc2)c1N. The van der Waals surface area contributed by atoms with Crippen LogP contribution in [-0.2, 0) is 18.0 Å². The Kier molecular flexibility index (Phi) is 4.83. The van der Waals surface area contributed by atoms with Crippen molar-refractivity contribution in [2.75, 3.05) is 12.3 Å². The Morgan fingerprint density at radius 2 is 1.88 bits per heavy atom. The van der Waals surface area contributed by atoms with Gasteiger partial charge in [-0.25, -0.2) is 4.79 Å². The molecule has 0 saturated heterocycles. The fourth-order valence-corrected chi connectivity index (χ4v) is 1.99. The number of anilines is 1. The summed E-state index contributed by atoms with van der Waals surface area (Å²) in [6.07, 6.45) is -4.88. The highest BCUT2D eigenvalue weighted by molar-refractivity contribution is 6.30. The first-order valence-corrected chi connectivity index (χ1v) is 6.84. The van der Waals surface area contributed by atoms with Crippen LogP contribution in [0.4, 0.5) is 19.0 Å². The average molecular weight is 362 g/mol. The van der Waals surface area contributed by atoms with E-state index in [-0.39, 0.29) is 5.56 Å². The maximum absolute atomic E-state index is 12.9. The fraction of sp³-hybridized carbons (Fsp3) is 0.214. The second-order valence-electron chi connectivity index (χ2n) is 4.74. The molecule has 0 bridgehead atoms. The number of hydrogen-bond acceptors (Lipinski definition) is 5. The molecule has 0 radical (unpaired) electrons. The third kappa shape index (κ3) is 3.67. The van der Waals surface area contributed by atoms with Crippen LogP contribution in [0.3, 0.4) is 0 Å². The van der Waals surface area contributed by atoms with Crippen molar-refractivity contribution in [1.29, 1.82) is 0 Å². The number of aryl methyl sites for hydroxylation is 1. The van der Waals surface area contributed by atoms with Crippen LogP contribution in [0.25, 0.3) is 0 Å². The van der Waals surface area contributed by atoms with Gasteiger partial charge in [0.2, 0.25) is 0 Å². The number of rotatable bonds is 4. The third-order valence-corrected chi connectivity index (χ3v) is 3.32. The number of carbonyl (C=O) groups is 2. The minimum atomic E-state index is -4.88. The van der Waals surface area contributed by atoms with Gasteiger partial charge in [0.1, 0.15) is 11.4 Å². The molecule has 0 atom stereocenters. The van der Waals surface area contributed by atoms with E-state index in [9.17, 15) is 22.8 Å². The molecule has 0 amide bonds. The van der Waals surface area contributed by atoms with Crippen LogP contribution in [0.15, 0.2) is 24.3 Å². The number of hydrogen-bond donors (Lipinski definition) is 1. The molecule has 2 rings (SSSR count). The molecule has 1 aromatic heterocycles. The number of nitrogens with two attached hydrogens (primary N) is 1. The summed E-state index contributed by atoms with van der Waals surface area (Å²) >= 11 is 5.68. The van der Waals surface area contributed by atoms with Crippen molar-refractivity contribution >= 4 is 29.2 Å². The number of benzene rings is 1. The fourth-order valence-electron chi connectivity index (χ4n) is 1.86. The van der Waals surface area contributed by atoms with Crippen molar-refractivity contribution in [3.8, 4) is 0 Å². The molecule has 128 valence electrons. The van der Waals surface area contributed by atoms with Crippen molar-refractivity contribution in [2.45, 2.75) is 6.18 Å². The Bertz CT molecular complexity index is 785. The quantitative estimate of drug-likeness (QED) is 0.668. The first-order chi connectivity index (χ1) is 11.1. The van der Waals surface area contributed by atoms with Crippen molar-refractivity contribution in [2.24, 2.45) is 7.05 Å². The Morgan fingerprint density at radius 3 is 2.42 bits per heavy atom. The van der Waals surface area contributed by atoms with Gasteiger partial charge >= 0.3 is 12.1 Å². The lowest BCUT2D eigenvalue weighted by molar-refractivity contribution is -0.142. The number of carbonyl (C=O) groups excluding carboxylic acids is 2. The van der Waals surface area contributed by atoms with E-state index in [0.717, 1.165) is 7.05 Å². The average Bonchev–Trinajstić information content (AvgIpc) is 2.81. The molecule has 1 aromatic carbocycles. The van der Waals surface area contributed by atoms with E-state index in [4.69, 9.17) is 17.3 Å². The van der Waals surface area contributed by atoms with Gasteiger partial charge in [0.25, 0.3) is 0 Å². The standard InChI is InChI=1S/C14H11ClF3N3O3/c1-21-12(19)10(11(20-21)14(16,17)18)13(23)24-6-9(22)7-2-4-8(15)5-3-7/h2-5H,6,19H2,1H3. The highest BCUT2D eigenvalue weighted by atomic mass is 35.5. The Morgan fingerprint density at radius 1 is 1.29 bits per heavy atom. The molecule has 10 heteroatoms. The molecular weight excluding hydrogens is 351 g/mol. The van der Waals surface area contributed by atoms with E-state index in [2.05, 4.69) is 9.84 Å². The highest BCUT2D eigenvalue weighted by Crippen LogP contribution is 2.33. The van der Waals surface area contributed by atoms with Gasteiger partial charge < -0.3 is 10.5 Å². The third-order valence-electron chi connectivity index (χ3n) is 3.06. The molecule has 2 aromatic rings. The van der Waals surface area contributed by atoms with Crippen LogP contribution in [-0.4, -0.2) is 28.1 Å². The minimum Gasteiger partial charge on any atom is -0.454 e. The number of aromatic nitrogens is 2. The van der Waals surface area contributed by atoms with E-state index in [1.807, 2.05) is 0 Å². The van der Waals surface area contributed by atoms with Gasteiger partial charge in [-0.2, -0.15) is 18.3 Å². The molecule has 0 spiro atoms. The lowest BCUT2D eigenvalue weighted by Crippen LogP contribution is -2.18. The Labute approximate surface area is 138 Å². The normalized spacial score (nSPS) is 11.4. The second-order valence-corrected chi connectivity index (χ2v) is 5.17. The largest absolute Gasteiger partial charge is 0.454 e. The molecule has 0 aliphatic carbocycles. The van der Waals surface area contributed by atoms with Gasteiger partial charge in [0, 0.05) is 17.6 Å². The topological polar surface area (TPSA) is 87.2 Å². The molecule has 0 unspecified atom stereocenters. The van der Waals surface area contributed by atoms with Gasteiger partial charge in [0.15, 0.2) is 18.1 Å². The lowest BCUT2D eigenvalue weighted by atomic mass is 10.1. The zero-order valence-corrected chi connectivity index (χ0v) is 13.0. The first-order valence-electron chi connectivity index (χ1n) is 6.46. The van der Waals surface area contributed by atoms with Gasteiger partial charge in [-0.05, 0) is 24.3 Å². The molecule has 6 nitrogen and oxygen atoms in total. The smallest absolute Gasteiger partial charge is 0.436 e. The number of nitrogen functional groups attached to an aromatic ring is 1. The Balaban J connectivity index is 2.16. The van der Waals surface area contributed by atoms with Crippen LogP contribution >= 0.6 is 11.6 Å². The van der Waals surface area contributed by atoms with Crippen LogP contribution < -0.4 is 5.73 Å². The van der Waals surface area contributed by atoms with Gasteiger partial charge in [-0.3, -0.25) is 9.48 Å². The molecule has 0 aliphatic heterocycles. The van der Waals surface area contributed by atoms with E-state index in [0.29, 0.717) is 9.70 Å². The molecule has 0 fully saturated rings. The summed E-state index contributed by atoms with van der Waals surface area (Å²) < 4.78 is 44.0. The summed E-state index contributed by atoms with van der Waals surface area (Å²) in [6, 6.07) is 5.71. The second kappa shape index (κ2) is 6.52. The molecular formula is C14H11ClF3N3O3. The van der Waals surface area contributed by atoms with E-state index >= 15 is 0 Å². The number of esters is 1. The number of Topliss-reactive ketones (excluding diaryl/α,β-unsaturated/α-hetero) is 1. The maximum Gasteiger partial charge on any atom is 0.436 e. The van der Waals surface area contributed by atoms with Crippen molar-refractivity contribution in [3.63, 3.8) is 0 Å². The van der Waals surface area contributed by atoms with E-state index in [1.165, 1.54) is 24.3 Å². The van der Waals surface area contributed by atoms with Gasteiger partial charge in [0.05, 0.1) is 0 Å². The molecule has 0 saturated carbocycles. The predicted molar refractivity (Wildman–Crippen MR) is 78.7 cm³/mol. The molecule has 2 N–H and O–H groups in total. The highest BCUT2D eigenvalue weighted by Gasteiger charge is 2.41. The maximum atomic E-state index is 12.9. The minimum absolute atomic E-state index is 0.197. The summed E-state index contributed by atoms with van der Waals surface area (Å²) in [7, 11) is 1.15. The van der Waals surface area contributed by atoms with Crippen LogP contribution in [0.5, 0.6) is 0 Å². The summed E-state index contributed by atoms with van der Waals surface area (Å²) in [6.45, 7) is -0.744. The van der Waals surface area contributed by atoms with E-state index < -0.39 is 41.6 Å². The molecule has 0 aliphatic rings. The summed E-state index contributed by atoms with van der Waals surface area (Å²) in [4.78, 5) is 23.8. The number of nitrogens with zero attached hydrogens (tertiary/aromatic N) is 2. The summed E-state index contributed by atoms with van der Waals surface area (Å²) in [5, 5.41) is 3.57. The number of ketones is 1. The zero-order valence-electron chi connectivity index (χ0n) is 12.2. The van der Waals surface area contributed by atoms with Crippen molar-refractivity contribution in [3.05, 3.63) is 46.1 Å². The monoisotopic (exact) mass is 361 g/mol. The first kappa shape index (κ1) is 17.8. The number of ether oxygens (including phenoxy) is 1. The Hall–Kier alpha value is -2.55. The molecule has 24 heavy (non-hydrogen) atoms. The zero-order chi connectivity index (χ0) is 18.1. The van der Waals surface area contributed by atoms with E-state index in [1.54, 1.807) is 0 Å². The number of alkyl halides is 3. The number of halogens is 4. The van der Waals surface area contributed by atoms with Crippen molar-refractivity contribution < 1.29 is 27.5 Å². The van der Waals surface area contributed by atoms with Crippen LogP contribution in [0.1, 0.15) is 26.4 Å². The van der Waals surface area contributed by atoms with Crippen molar-refractivity contribution in [1.82, 2.24) is 9.78 Å². The van der Waals surface area contributed by atoms with Gasteiger partial charge in [-0.1, -0.05) is 11.6 Å². The molecule has 1 heterocycles. The van der Waals surface area contributed by atoms with Gasteiger partial charge in [-0.15, -0.1) is 0 Å². The predicted octanol–water partition coefficient (Wildman–Crippen LogP) is 2.71. The van der Waals surface area contributed by atoms with Crippen LogP contribution in [0, 0.1) is 0 Å². The summed E-state index contributed by atoms with van der Waals surface area (Å²) in [5.74, 6) is -2.49. The van der Waals surface area contributed by atoms with Crippen LogP contribution in [0.2, 0.25) is 5.02 Å². The lowest BCUT2D eigenvalue weighted by Gasteiger charge is -2.07. The summed E-state index contributed by atoms with van der Waals surface area (Å²) in [5.41, 5.74) is 3.24.